The van der Waals surface area contributed by atoms with Crippen LogP contribution < -0.4 is 0 Å². The van der Waals surface area contributed by atoms with Crippen LogP contribution in [0.25, 0.3) is 0 Å². The standard InChI is InChI=1S/C20H32O5/c1-13(2)14-5-6-15-11-16(25-18(15)22)12-20(4,24)17(21)8-10-19(3,23)9-7-14/h7,9,11,13-14,16-17,21,23-24H,5-6,8,10,12H2,1-4H3/t14-,16-,17-,19-,20-/m1/s1. The van der Waals surface area contributed by atoms with E-state index in [2.05, 4.69) is 13.8 Å². The largest absolute Gasteiger partial charge is 0.455 e. The molecule has 0 radical (unpaired) electrons. The zero-order valence-electron chi connectivity index (χ0n) is 15.7. The lowest BCUT2D eigenvalue weighted by Gasteiger charge is -2.32. The van der Waals surface area contributed by atoms with E-state index in [0.29, 0.717) is 24.3 Å². The van der Waals surface area contributed by atoms with Crippen LogP contribution in [-0.4, -0.2) is 44.7 Å². The molecule has 25 heavy (non-hydrogen) atoms. The smallest absolute Gasteiger partial charge is 0.334 e. The lowest BCUT2D eigenvalue weighted by atomic mass is 9.84. The Morgan fingerprint density at radius 1 is 1.24 bits per heavy atom. The number of carbonyl (C=O) groups is 1. The molecule has 0 aromatic rings. The Balaban J connectivity index is 2.27. The highest BCUT2D eigenvalue weighted by molar-refractivity contribution is 5.90. The molecule has 2 rings (SSSR count). The van der Waals surface area contributed by atoms with Crippen molar-refractivity contribution in [1.29, 1.82) is 0 Å². The van der Waals surface area contributed by atoms with Crippen LogP contribution in [0.1, 0.15) is 59.8 Å². The quantitative estimate of drug-likeness (QED) is 0.498. The van der Waals surface area contributed by atoms with Crippen LogP contribution in [0.5, 0.6) is 0 Å². The van der Waals surface area contributed by atoms with Crippen molar-refractivity contribution in [3.8, 4) is 0 Å². The summed E-state index contributed by atoms with van der Waals surface area (Å²) in [5.74, 6) is 0.305. The van der Waals surface area contributed by atoms with Crippen LogP contribution >= 0.6 is 0 Å². The van der Waals surface area contributed by atoms with Gasteiger partial charge in [-0.15, -0.1) is 0 Å². The van der Waals surface area contributed by atoms with Gasteiger partial charge in [0.2, 0.25) is 0 Å². The summed E-state index contributed by atoms with van der Waals surface area (Å²) in [5, 5.41) is 31.5. The molecule has 3 N–H and O–H groups in total. The molecular weight excluding hydrogens is 320 g/mol. The Morgan fingerprint density at radius 2 is 1.92 bits per heavy atom. The molecule has 142 valence electrons. The van der Waals surface area contributed by atoms with Gasteiger partial charge in [0.25, 0.3) is 0 Å². The van der Waals surface area contributed by atoms with E-state index in [1.807, 2.05) is 6.08 Å². The van der Waals surface area contributed by atoms with Crippen molar-refractivity contribution in [3.63, 3.8) is 0 Å². The molecule has 1 aliphatic carbocycles. The zero-order valence-corrected chi connectivity index (χ0v) is 15.7. The van der Waals surface area contributed by atoms with Crippen LogP contribution in [0.4, 0.5) is 0 Å². The van der Waals surface area contributed by atoms with E-state index in [1.54, 1.807) is 26.0 Å². The van der Waals surface area contributed by atoms with Gasteiger partial charge in [-0.2, -0.15) is 0 Å². The first-order valence-electron chi connectivity index (χ1n) is 9.24. The van der Waals surface area contributed by atoms with E-state index >= 15 is 0 Å². The highest BCUT2D eigenvalue weighted by Gasteiger charge is 2.38. The Labute approximate surface area is 150 Å². The van der Waals surface area contributed by atoms with Gasteiger partial charge in [-0.05, 0) is 57.4 Å². The highest BCUT2D eigenvalue weighted by atomic mass is 16.5. The van der Waals surface area contributed by atoms with E-state index in [9.17, 15) is 20.1 Å². The van der Waals surface area contributed by atoms with Gasteiger partial charge in [-0.3, -0.25) is 0 Å². The normalized spacial score (nSPS) is 40.6. The molecule has 0 saturated heterocycles. The fourth-order valence-electron chi connectivity index (χ4n) is 3.50. The number of hydrogen-bond acceptors (Lipinski definition) is 5. The maximum atomic E-state index is 12.1. The van der Waals surface area contributed by atoms with Gasteiger partial charge in [-0.25, -0.2) is 4.79 Å². The predicted molar refractivity (Wildman–Crippen MR) is 95.8 cm³/mol. The Hall–Kier alpha value is -1.17. The number of aliphatic hydroxyl groups excluding tert-OH is 1. The predicted octanol–water partition coefficient (Wildman–Crippen LogP) is 2.49. The number of aliphatic hydroxyl groups is 3. The number of esters is 1. The van der Waals surface area contributed by atoms with Crippen LogP contribution in [0.2, 0.25) is 0 Å². The molecule has 5 atom stereocenters. The Morgan fingerprint density at radius 3 is 2.56 bits per heavy atom. The first-order valence-corrected chi connectivity index (χ1v) is 9.24. The minimum atomic E-state index is -1.39. The number of allylic oxidation sites excluding steroid dienone is 1. The lowest BCUT2D eigenvalue weighted by molar-refractivity contribution is -0.144. The fraction of sp³-hybridized carbons (Fsp3) is 0.750. The highest BCUT2D eigenvalue weighted by Crippen LogP contribution is 2.32. The summed E-state index contributed by atoms with van der Waals surface area (Å²) >= 11 is 0. The number of carbonyl (C=O) groups excluding carboxylic acids is 1. The van der Waals surface area contributed by atoms with Crippen LogP contribution in [0, 0.1) is 11.8 Å². The number of hydrogen-bond donors (Lipinski definition) is 3. The second-order valence-electron chi connectivity index (χ2n) is 8.41. The average molecular weight is 352 g/mol. The molecule has 0 fully saturated rings. The van der Waals surface area contributed by atoms with Crippen LogP contribution in [0.15, 0.2) is 23.8 Å². The third-order valence-corrected chi connectivity index (χ3v) is 5.47. The Bertz CT molecular complexity index is 544. The minimum Gasteiger partial charge on any atom is -0.455 e. The van der Waals surface area contributed by atoms with Gasteiger partial charge in [0.05, 0.1) is 17.3 Å². The van der Waals surface area contributed by atoms with Crippen LogP contribution in [-0.2, 0) is 9.53 Å². The number of ether oxygens (including phenoxy) is 1. The van der Waals surface area contributed by atoms with E-state index < -0.39 is 23.4 Å². The van der Waals surface area contributed by atoms with Gasteiger partial charge in [0, 0.05) is 12.0 Å². The van der Waals surface area contributed by atoms with E-state index in [1.165, 1.54) is 0 Å². The average Bonchev–Trinajstić information content (AvgIpc) is 2.82. The van der Waals surface area contributed by atoms with Crippen molar-refractivity contribution in [3.05, 3.63) is 23.8 Å². The topological polar surface area (TPSA) is 87.0 Å². The third kappa shape index (κ3) is 5.40. The molecule has 2 bridgehead atoms. The molecule has 0 aromatic carbocycles. The van der Waals surface area contributed by atoms with Gasteiger partial charge >= 0.3 is 5.97 Å². The molecule has 5 nitrogen and oxygen atoms in total. The number of fused-ring (bicyclic) bond motifs is 1. The second kappa shape index (κ2) is 7.60. The Kier molecular flexibility index (Phi) is 6.13. The molecule has 2 aliphatic rings. The zero-order chi connectivity index (χ0) is 18.8. The summed E-state index contributed by atoms with van der Waals surface area (Å²) < 4.78 is 5.35. The molecular formula is C20H32O5. The van der Waals surface area contributed by atoms with Crippen molar-refractivity contribution in [2.45, 2.75) is 83.2 Å². The van der Waals surface area contributed by atoms with Gasteiger partial charge in [0.15, 0.2) is 0 Å². The molecule has 0 spiro atoms. The van der Waals surface area contributed by atoms with Gasteiger partial charge in [0.1, 0.15) is 6.10 Å². The van der Waals surface area contributed by atoms with E-state index in [-0.39, 0.29) is 24.7 Å². The molecule has 1 heterocycles. The SMILES string of the molecule is CC(C)[C@H]1C=C[C@@](C)(O)CC[C@@H](O)[C@](C)(O)C[C@H]2C=C(CC1)C(=O)O2. The van der Waals surface area contributed by atoms with Crippen LogP contribution in [0.3, 0.4) is 0 Å². The van der Waals surface area contributed by atoms with E-state index in [4.69, 9.17) is 4.74 Å². The summed E-state index contributed by atoms with van der Waals surface area (Å²) in [6, 6.07) is 0. The first kappa shape index (κ1) is 20.1. The lowest BCUT2D eigenvalue weighted by Crippen LogP contribution is -2.43. The van der Waals surface area contributed by atoms with Gasteiger partial charge in [-0.1, -0.05) is 26.0 Å². The maximum absolute atomic E-state index is 12.1. The monoisotopic (exact) mass is 352 g/mol. The van der Waals surface area contributed by atoms with Crippen molar-refractivity contribution in [2.24, 2.45) is 11.8 Å². The van der Waals surface area contributed by atoms with Crippen molar-refractivity contribution in [2.75, 3.05) is 0 Å². The molecule has 1 aliphatic heterocycles. The summed E-state index contributed by atoms with van der Waals surface area (Å²) in [4.78, 5) is 12.1. The maximum Gasteiger partial charge on any atom is 0.334 e. The number of rotatable bonds is 1. The molecule has 0 unspecified atom stereocenters. The summed E-state index contributed by atoms with van der Waals surface area (Å²) in [6.07, 6.45) is 6.23. The summed E-state index contributed by atoms with van der Waals surface area (Å²) in [6.45, 7) is 7.51. The molecule has 0 aromatic heterocycles. The van der Waals surface area contributed by atoms with Crippen molar-refractivity contribution < 1.29 is 24.9 Å². The van der Waals surface area contributed by atoms with Crippen molar-refractivity contribution in [1.82, 2.24) is 0 Å². The summed E-state index contributed by atoms with van der Waals surface area (Å²) in [5.41, 5.74) is -1.79. The summed E-state index contributed by atoms with van der Waals surface area (Å²) in [7, 11) is 0. The van der Waals surface area contributed by atoms with Gasteiger partial charge < -0.3 is 20.1 Å². The molecule has 5 heteroatoms. The molecule has 0 saturated carbocycles. The van der Waals surface area contributed by atoms with E-state index in [0.717, 1.165) is 6.42 Å². The minimum absolute atomic E-state index is 0.148. The molecule has 0 amide bonds. The third-order valence-electron chi connectivity index (χ3n) is 5.47. The fourth-order valence-corrected chi connectivity index (χ4v) is 3.50. The second-order valence-corrected chi connectivity index (χ2v) is 8.41. The first-order chi connectivity index (χ1) is 11.5. The van der Waals surface area contributed by atoms with Crippen molar-refractivity contribution >= 4 is 5.97 Å².